The highest BCUT2D eigenvalue weighted by molar-refractivity contribution is 7.89. The number of ether oxygens (including phenoxy) is 1. The molecule has 1 amide bonds. The van der Waals surface area contributed by atoms with Crippen LogP contribution in [0.3, 0.4) is 0 Å². The lowest BCUT2D eigenvalue weighted by atomic mass is 10.2. The van der Waals surface area contributed by atoms with Crippen molar-refractivity contribution in [1.29, 1.82) is 0 Å². The SMILES string of the molecule is Cc1cccc(O[C@@H](C)C(=O)Nc2cc(S(=O)(=O)N3CCCCC3)ccc2C)c1. The van der Waals surface area contributed by atoms with E-state index in [2.05, 4.69) is 5.32 Å². The van der Waals surface area contributed by atoms with Crippen LogP contribution in [0.4, 0.5) is 5.69 Å². The van der Waals surface area contributed by atoms with E-state index in [9.17, 15) is 13.2 Å². The van der Waals surface area contributed by atoms with E-state index in [0.717, 1.165) is 30.4 Å². The Morgan fingerprint density at radius 3 is 2.48 bits per heavy atom. The molecule has 3 rings (SSSR count). The van der Waals surface area contributed by atoms with Crippen LogP contribution in [0.2, 0.25) is 0 Å². The van der Waals surface area contributed by atoms with Crippen LogP contribution in [0.15, 0.2) is 47.4 Å². The predicted molar refractivity (Wildman–Crippen MR) is 114 cm³/mol. The molecule has 1 aliphatic heterocycles. The zero-order valence-electron chi connectivity index (χ0n) is 17.1. The number of amides is 1. The van der Waals surface area contributed by atoms with Crippen molar-refractivity contribution in [2.45, 2.75) is 51.0 Å². The van der Waals surface area contributed by atoms with Crippen LogP contribution in [0.5, 0.6) is 5.75 Å². The Labute approximate surface area is 172 Å². The smallest absolute Gasteiger partial charge is 0.265 e. The molecule has 1 heterocycles. The Morgan fingerprint density at radius 1 is 1.07 bits per heavy atom. The molecule has 1 saturated heterocycles. The van der Waals surface area contributed by atoms with Gasteiger partial charge in [-0.1, -0.05) is 24.6 Å². The summed E-state index contributed by atoms with van der Waals surface area (Å²) in [4.78, 5) is 12.8. The van der Waals surface area contributed by atoms with Gasteiger partial charge in [0.05, 0.1) is 4.90 Å². The molecule has 0 bridgehead atoms. The molecule has 1 atom stereocenters. The van der Waals surface area contributed by atoms with Crippen LogP contribution in [-0.2, 0) is 14.8 Å². The molecule has 1 N–H and O–H groups in total. The van der Waals surface area contributed by atoms with Crippen LogP contribution >= 0.6 is 0 Å². The fourth-order valence-corrected chi connectivity index (χ4v) is 4.88. The highest BCUT2D eigenvalue weighted by Crippen LogP contribution is 2.25. The molecule has 29 heavy (non-hydrogen) atoms. The average Bonchev–Trinajstić information content (AvgIpc) is 2.70. The largest absolute Gasteiger partial charge is 0.481 e. The number of piperidine rings is 1. The maximum atomic E-state index is 12.9. The Kier molecular flexibility index (Phi) is 6.59. The number of aryl methyl sites for hydroxylation is 2. The van der Waals surface area contributed by atoms with Gasteiger partial charge in [0, 0.05) is 18.8 Å². The minimum atomic E-state index is -3.56. The van der Waals surface area contributed by atoms with Gasteiger partial charge in [-0.15, -0.1) is 0 Å². The molecule has 0 radical (unpaired) electrons. The van der Waals surface area contributed by atoms with E-state index >= 15 is 0 Å². The first-order valence-corrected chi connectivity index (χ1v) is 11.4. The van der Waals surface area contributed by atoms with Crippen molar-refractivity contribution in [3.05, 3.63) is 53.6 Å². The average molecular weight is 417 g/mol. The van der Waals surface area contributed by atoms with Gasteiger partial charge in [0.25, 0.3) is 5.91 Å². The van der Waals surface area contributed by atoms with E-state index in [0.29, 0.717) is 24.5 Å². The monoisotopic (exact) mass is 416 g/mol. The molecule has 0 saturated carbocycles. The van der Waals surface area contributed by atoms with Gasteiger partial charge in [0.2, 0.25) is 10.0 Å². The second kappa shape index (κ2) is 8.97. The molecule has 1 fully saturated rings. The lowest BCUT2D eigenvalue weighted by molar-refractivity contribution is -0.122. The Hall–Kier alpha value is -2.38. The third-order valence-electron chi connectivity index (χ3n) is 5.09. The molecule has 1 aliphatic rings. The van der Waals surface area contributed by atoms with Crippen LogP contribution in [0, 0.1) is 13.8 Å². The molecular formula is C22H28N2O4S. The lowest BCUT2D eigenvalue weighted by Crippen LogP contribution is -2.35. The highest BCUT2D eigenvalue weighted by atomic mass is 32.2. The minimum absolute atomic E-state index is 0.201. The Balaban J connectivity index is 1.75. The second-order valence-corrected chi connectivity index (χ2v) is 9.45. The van der Waals surface area contributed by atoms with Crippen molar-refractivity contribution in [3.63, 3.8) is 0 Å². The molecule has 6 nitrogen and oxygen atoms in total. The van der Waals surface area contributed by atoms with Crippen molar-refractivity contribution < 1.29 is 17.9 Å². The number of hydrogen-bond donors (Lipinski definition) is 1. The first-order valence-electron chi connectivity index (χ1n) is 9.92. The van der Waals surface area contributed by atoms with Crippen LogP contribution in [0.25, 0.3) is 0 Å². The van der Waals surface area contributed by atoms with Gasteiger partial charge in [-0.25, -0.2) is 8.42 Å². The van der Waals surface area contributed by atoms with E-state index in [1.807, 2.05) is 32.0 Å². The van der Waals surface area contributed by atoms with Gasteiger partial charge in [0.15, 0.2) is 6.10 Å². The van der Waals surface area contributed by atoms with Gasteiger partial charge in [-0.2, -0.15) is 4.31 Å². The summed E-state index contributed by atoms with van der Waals surface area (Å²) in [6, 6.07) is 12.3. The van der Waals surface area contributed by atoms with Crippen LogP contribution in [0.1, 0.15) is 37.3 Å². The maximum absolute atomic E-state index is 12.9. The molecular weight excluding hydrogens is 388 g/mol. The molecule has 7 heteroatoms. The molecule has 2 aromatic carbocycles. The van der Waals surface area contributed by atoms with Crippen molar-refractivity contribution in [2.24, 2.45) is 0 Å². The fraction of sp³-hybridized carbons (Fsp3) is 0.409. The summed E-state index contributed by atoms with van der Waals surface area (Å²) in [6.45, 7) is 6.54. The zero-order valence-corrected chi connectivity index (χ0v) is 18.0. The lowest BCUT2D eigenvalue weighted by Gasteiger charge is -2.26. The predicted octanol–water partition coefficient (Wildman–Crippen LogP) is 3.88. The van der Waals surface area contributed by atoms with Crippen LogP contribution in [-0.4, -0.2) is 37.8 Å². The summed E-state index contributed by atoms with van der Waals surface area (Å²) >= 11 is 0. The first-order chi connectivity index (χ1) is 13.8. The number of nitrogens with one attached hydrogen (secondary N) is 1. The maximum Gasteiger partial charge on any atom is 0.265 e. The van der Waals surface area contributed by atoms with Gasteiger partial charge in [0.1, 0.15) is 5.75 Å². The summed E-state index contributed by atoms with van der Waals surface area (Å²) in [5, 5.41) is 2.81. The molecule has 156 valence electrons. The van der Waals surface area contributed by atoms with Crippen molar-refractivity contribution in [1.82, 2.24) is 4.31 Å². The van der Waals surface area contributed by atoms with Crippen molar-refractivity contribution in [2.75, 3.05) is 18.4 Å². The second-order valence-electron chi connectivity index (χ2n) is 7.51. The third kappa shape index (κ3) is 5.16. The zero-order chi connectivity index (χ0) is 21.0. The van der Waals surface area contributed by atoms with E-state index in [1.165, 1.54) is 10.4 Å². The van der Waals surface area contributed by atoms with Crippen molar-refractivity contribution in [3.8, 4) is 5.75 Å². The number of sulfonamides is 1. The number of nitrogens with zero attached hydrogens (tertiary/aromatic N) is 1. The topological polar surface area (TPSA) is 75.7 Å². The summed E-state index contributed by atoms with van der Waals surface area (Å²) < 4.78 is 33.1. The van der Waals surface area contributed by atoms with Crippen molar-refractivity contribution >= 4 is 21.6 Å². The van der Waals surface area contributed by atoms with Gasteiger partial charge in [-0.05, 0) is 69.0 Å². The summed E-state index contributed by atoms with van der Waals surface area (Å²) in [7, 11) is -3.56. The Morgan fingerprint density at radius 2 is 1.79 bits per heavy atom. The van der Waals surface area contributed by atoms with Gasteiger partial charge >= 0.3 is 0 Å². The van der Waals surface area contributed by atoms with Crippen LogP contribution < -0.4 is 10.1 Å². The quantitative estimate of drug-likeness (QED) is 0.775. The number of benzene rings is 2. The molecule has 0 spiro atoms. The highest BCUT2D eigenvalue weighted by Gasteiger charge is 2.26. The third-order valence-corrected chi connectivity index (χ3v) is 6.99. The van der Waals surface area contributed by atoms with E-state index in [-0.39, 0.29) is 10.8 Å². The van der Waals surface area contributed by atoms with Gasteiger partial charge < -0.3 is 10.1 Å². The standard InChI is InChI=1S/C22H28N2O4S/c1-16-8-7-9-19(14-16)28-18(3)22(25)23-21-15-20(11-10-17(21)2)29(26,27)24-12-5-4-6-13-24/h7-11,14-15,18H,4-6,12-13H2,1-3H3,(H,23,25)/t18-/m0/s1. The van der Waals surface area contributed by atoms with E-state index < -0.39 is 16.1 Å². The number of hydrogen-bond acceptors (Lipinski definition) is 4. The van der Waals surface area contributed by atoms with Gasteiger partial charge in [-0.3, -0.25) is 4.79 Å². The summed E-state index contributed by atoms with van der Waals surface area (Å²) in [5.74, 6) is 0.285. The number of carbonyl (C=O) groups excluding carboxylic acids is 1. The first kappa shape index (κ1) is 21.3. The Bertz CT molecular complexity index is 982. The number of anilines is 1. The summed E-state index contributed by atoms with van der Waals surface area (Å²) in [6.07, 6.45) is 2.09. The van der Waals surface area contributed by atoms with E-state index in [1.54, 1.807) is 25.1 Å². The normalized spacial score (nSPS) is 16.2. The number of carbonyl (C=O) groups is 1. The fourth-order valence-electron chi connectivity index (χ4n) is 3.33. The minimum Gasteiger partial charge on any atom is -0.481 e. The van der Waals surface area contributed by atoms with E-state index in [4.69, 9.17) is 4.74 Å². The molecule has 2 aromatic rings. The molecule has 0 aromatic heterocycles. The molecule has 0 aliphatic carbocycles. The number of rotatable bonds is 6. The summed E-state index contributed by atoms with van der Waals surface area (Å²) in [5.41, 5.74) is 2.31. The molecule has 0 unspecified atom stereocenters.